The van der Waals surface area contributed by atoms with Gasteiger partial charge in [-0.25, -0.2) is 10.1 Å². The summed E-state index contributed by atoms with van der Waals surface area (Å²) in [4.78, 5) is 15.2. The first-order chi connectivity index (χ1) is 15.8. The number of aromatic nitrogens is 5. The number of amides is 1. The number of nitrogen functional groups attached to an aromatic ring is 1. The van der Waals surface area contributed by atoms with Crippen molar-refractivity contribution in [3.05, 3.63) is 38.0 Å². The summed E-state index contributed by atoms with van der Waals surface area (Å²) in [6, 6.07) is 3.67. The van der Waals surface area contributed by atoms with E-state index in [4.69, 9.17) is 10.4 Å². The van der Waals surface area contributed by atoms with E-state index in [-0.39, 0.29) is 35.5 Å². The summed E-state index contributed by atoms with van der Waals surface area (Å²) in [7, 11) is 0. The van der Waals surface area contributed by atoms with E-state index in [1.54, 1.807) is 12.1 Å². The molecule has 15 heteroatoms. The zero-order valence-corrected chi connectivity index (χ0v) is 22.0. The average molecular weight is 620 g/mol. The van der Waals surface area contributed by atoms with E-state index in [0.29, 0.717) is 32.8 Å². The molecule has 4 rings (SSSR count). The Morgan fingerprint density at radius 3 is 2.74 bits per heavy atom. The van der Waals surface area contributed by atoms with E-state index in [0.717, 1.165) is 19.4 Å². The van der Waals surface area contributed by atoms with Crippen LogP contribution in [0.15, 0.2) is 30.8 Å². The van der Waals surface area contributed by atoms with E-state index in [1.165, 1.54) is 17.3 Å². The Morgan fingerprint density at radius 1 is 1.35 bits per heavy atom. The average Bonchev–Trinajstić information content (AvgIpc) is 3.39. The van der Waals surface area contributed by atoms with Crippen LogP contribution < -0.4 is 11.2 Å². The Bertz CT molecular complexity index is 1180. The zero-order valence-electron chi connectivity index (χ0n) is 18.0. The van der Waals surface area contributed by atoms with Crippen LogP contribution >= 0.6 is 44.3 Å². The molecule has 182 valence electrons. The molecule has 12 nitrogen and oxygen atoms in total. The van der Waals surface area contributed by atoms with Crippen molar-refractivity contribution in [1.82, 2.24) is 35.6 Å². The van der Waals surface area contributed by atoms with Crippen LogP contribution in [0.2, 0.25) is 0 Å². The lowest BCUT2D eigenvalue weighted by molar-refractivity contribution is 0.0945. The van der Waals surface area contributed by atoms with Crippen LogP contribution in [-0.2, 0) is 6.54 Å². The van der Waals surface area contributed by atoms with Crippen molar-refractivity contribution in [3.63, 3.8) is 0 Å². The lowest BCUT2D eigenvalue weighted by Crippen LogP contribution is -2.38. The maximum absolute atomic E-state index is 12.9. The maximum Gasteiger partial charge on any atom is 0.293 e. The van der Waals surface area contributed by atoms with E-state index in [9.17, 15) is 9.90 Å². The molecule has 0 radical (unpaired) electrons. The highest BCUT2D eigenvalue weighted by Gasteiger charge is 2.28. The van der Waals surface area contributed by atoms with Crippen molar-refractivity contribution in [2.24, 2.45) is 5.10 Å². The Labute approximate surface area is 217 Å². The van der Waals surface area contributed by atoms with Gasteiger partial charge in [-0.15, -0.1) is 17.5 Å². The number of nitrogens with one attached hydrogen (secondary N) is 1. The number of nitrogens with zero attached hydrogens (tertiary/aromatic N) is 7. The van der Waals surface area contributed by atoms with Crippen molar-refractivity contribution in [3.8, 4) is 11.6 Å². The van der Waals surface area contributed by atoms with E-state index < -0.39 is 5.91 Å². The molecule has 1 aliphatic heterocycles. The Morgan fingerprint density at radius 2 is 2.09 bits per heavy atom. The van der Waals surface area contributed by atoms with Crippen LogP contribution in [0, 0.1) is 0 Å². The fourth-order valence-corrected chi connectivity index (χ4v) is 4.81. The van der Waals surface area contributed by atoms with Crippen LogP contribution in [0.25, 0.3) is 5.82 Å². The van der Waals surface area contributed by atoms with E-state index in [2.05, 4.69) is 74.8 Å². The summed E-state index contributed by atoms with van der Waals surface area (Å²) in [5.74, 6) is -0.250. The minimum Gasteiger partial charge on any atom is -0.506 e. The monoisotopic (exact) mass is 617 g/mol. The second kappa shape index (κ2) is 11.3. The van der Waals surface area contributed by atoms with Crippen LogP contribution in [-0.4, -0.2) is 60.0 Å². The molecule has 1 atom stereocenters. The Hall–Kier alpha value is -2.55. The maximum atomic E-state index is 12.9. The van der Waals surface area contributed by atoms with Crippen molar-refractivity contribution in [1.29, 1.82) is 0 Å². The predicted octanol–water partition coefficient (Wildman–Crippen LogP) is 3.02. The number of phenolic OH excluding ortho intramolecular Hbond substituents is 1. The molecule has 1 fully saturated rings. The van der Waals surface area contributed by atoms with Gasteiger partial charge in [-0.3, -0.25) is 9.69 Å². The molecule has 0 bridgehead atoms. The van der Waals surface area contributed by atoms with Gasteiger partial charge < -0.3 is 10.8 Å². The third-order valence-corrected chi connectivity index (χ3v) is 6.60. The molecule has 1 amide bonds. The van der Waals surface area contributed by atoms with Crippen LogP contribution in [0.4, 0.5) is 5.82 Å². The van der Waals surface area contributed by atoms with E-state index >= 15 is 0 Å². The fraction of sp³-hybridized carbons (Fsp3) is 0.368. The summed E-state index contributed by atoms with van der Waals surface area (Å²) >= 11 is 6.52. The number of carbonyl (C=O) groups is 1. The van der Waals surface area contributed by atoms with Gasteiger partial charge in [0.1, 0.15) is 5.75 Å². The molecule has 4 N–H and O–H groups in total. The molecule has 0 spiro atoms. The first kappa shape index (κ1) is 26.1. The number of hydrogen-bond acceptors (Lipinski definition) is 10. The lowest BCUT2D eigenvalue weighted by Gasteiger charge is -2.33. The van der Waals surface area contributed by atoms with Gasteiger partial charge >= 0.3 is 0 Å². The molecule has 0 saturated carbocycles. The molecule has 0 aliphatic carbocycles. The van der Waals surface area contributed by atoms with Gasteiger partial charge in [0, 0.05) is 12.6 Å². The standard InChI is InChI=1S/C19H21Br2N9O3.ClH/c1-10-4-2-3-5-29(10)9-14-15(24-28-30(14)18-17(22)26-33-27-18)19(32)25-23-8-11-6-12(20)16(31)13(21)7-11;/h6-8,10,31H,2-5,9H2,1H3,(H2,22,26)(H,25,32);1H/b23-8-;. The third-order valence-electron chi connectivity index (χ3n) is 5.39. The van der Waals surface area contributed by atoms with Gasteiger partial charge in [0.05, 0.1) is 20.9 Å². The normalized spacial score (nSPS) is 16.5. The number of hydrazone groups is 1. The highest BCUT2D eigenvalue weighted by molar-refractivity contribution is 9.11. The Balaban J connectivity index is 0.00000324. The lowest BCUT2D eigenvalue weighted by atomic mass is 10.0. The highest BCUT2D eigenvalue weighted by atomic mass is 79.9. The predicted molar refractivity (Wildman–Crippen MR) is 133 cm³/mol. The van der Waals surface area contributed by atoms with Crippen molar-refractivity contribution in [2.45, 2.75) is 38.8 Å². The SMILES string of the molecule is CC1CCCCN1Cc1c(C(=O)N/N=C\c2cc(Br)c(O)c(Br)c2)nnn1-c1nonc1N.Cl. The molecule has 1 aliphatic rings. The second-order valence-electron chi connectivity index (χ2n) is 7.62. The number of piperidine rings is 1. The van der Waals surface area contributed by atoms with Gasteiger partial charge in [0.25, 0.3) is 5.91 Å². The van der Waals surface area contributed by atoms with Gasteiger partial charge in [0.15, 0.2) is 5.69 Å². The minimum atomic E-state index is -0.538. The van der Waals surface area contributed by atoms with Crippen molar-refractivity contribution < 1.29 is 14.5 Å². The number of halogens is 3. The molecule has 3 aromatic rings. The molecule has 1 aromatic carbocycles. The third kappa shape index (κ3) is 5.56. The summed E-state index contributed by atoms with van der Waals surface area (Å²) in [6.07, 6.45) is 4.76. The summed E-state index contributed by atoms with van der Waals surface area (Å²) in [5.41, 5.74) is 9.58. The minimum absolute atomic E-state index is 0. The molecule has 1 saturated heterocycles. The van der Waals surface area contributed by atoms with Crippen LogP contribution in [0.5, 0.6) is 5.75 Å². The smallest absolute Gasteiger partial charge is 0.293 e. The topological polar surface area (TPSA) is 161 Å². The zero-order chi connectivity index (χ0) is 23.5. The summed E-state index contributed by atoms with van der Waals surface area (Å²) in [6.45, 7) is 3.46. The number of nitrogens with two attached hydrogens (primary N) is 1. The number of rotatable bonds is 6. The molecular weight excluding hydrogens is 598 g/mol. The van der Waals surface area contributed by atoms with Crippen LogP contribution in [0.1, 0.15) is 47.9 Å². The van der Waals surface area contributed by atoms with Crippen molar-refractivity contribution >= 4 is 62.2 Å². The quantitative estimate of drug-likeness (QED) is 0.278. The first-order valence-electron chi connectivity index (χ1n) is 10.1. The number of hydrogen-bond donors (Lipinski definition) is 3. The molecule has 3 heterocycles. The summed E-state index contributed by atoms with van der Waals surface area (Å²) in [5, 5.41) is 29.4. The first-order valence-corrected chi connectivity index (χ1v) is 11.7. The number of carbonyl (C=O) groups excluding carboxylic acids is 1. The molecule has 2 aromatic heterocycles. The number of aromatic hydroxyl groups is 1. The van der Waals surface area contributed by atoms with E-state index in [1.807, 2.05) is 0 Å². The van der Waals surface area contributed by atoms with Gasteiger partial charge in [-0.05, 0) is 86.2 Å². The highest BCUT2D eigenvalue weighted by Crippen LogP contribution is 2.32. The van der Waals surface area contributed by atoms with Gasteiger partial charge in [-0.1, -0.05) is 11.6 Å². The van der Waals surface area contributed by atoms with Crippen LogP contribution in [0.3, 0.4) is 0 Å². The fourth-order valence-electron chi connectivity index (χ4n) is 3.59. The molecular formula is C19H22Br2ClN9O3. The molecule has 34 heavy (non-hydrogen) atoms. The number of anilines is 1. The number of benzene rings is 1. The Kier molecular flexibility index (Phi) is 8.62. The largest absolute Gasteiger partial charge is 0.506 e. The molecule has 1 unspecified atom stereocenters. The number of phenols is 1. The van der Waals surface area contributed by atoms with Crippen molar-refractivity contribution in [2.75, 3.05) is 12.3 Å². The summed E-state index contributed by atoms with van der Waals surface area (Å²) < 4.78 is 7.06. The number of likely N-dealkylation sites (tertiary alicyclic amines) is 1. The van der Waals surface area contributed by atoms with Gasteiger partial charge in [0.2, 0.25) is 11.6 Å². The second-order valence-corrected chi connectivity index (χ2v) is 9.33. The van der Waals surface area contributed by atoms with Gasteiger partial charge in [-0.2, -0.15) is 9.78 Å².